The van der Waals surface area contributed by atoms with Crippen LogP contribution in [-0.2, 0) is 14.8 Å². The second kappa shape index (κ2) is 9.14. The van der Waals surface area contributed by atoms with Gasteiger partial charge in [-0.2, -0.15) is 0 Å². The van der Waals surface area contributed by atoms with E-state index in [0.717, 1.165) is 34.8 Å². The van der Waals surface area contributed by atoms with Crippen LogP contribution in [0.1, 0.15) is 31.2 Å². The maximum Gasteiger partial charge on any atom is 0.264 e. The molecule has 0 spiro atoms. The zero-order valence-electron chi connectivity index (χ0n) is 17.2. The third kappa shape index (κ3) is 4.82. The Morgan fingerprint density at radius 1 is 1.07 bits per heavy atom. The highest BCUT2D eigenvalue weighted by molar-refractivity contribution is 7.92. The third-order valence-electron chi connectivity index (χ3n) is 5.59. The fourth-order valence-electron chi connectivity index (χ4n) is 3.72. The van der Waals surface area contributed by atoms with Gasteiger partial charge in [-0.3, -0.25) is 9.10 Å². The molecule has 0 radical (unpaired) electrons. The number of aliphatic hydroxyl groups is 1. The standard InChI is InChI=1S/C22H27FN2O4S/c1-16-7-13-19(14-8-16)30(28,29)25(18-11-9-17(23)10-12-18)15-22(27)24(2)20-5-3-4-6-21(20)26/h7-14,20-21,26H,3-6,15H2,1-2H3. The van der Waals surface area contributed by atoms with E-state index in [1.165, 1.54) is 29.2 Å². The Labute approximate surface area is 177 Å². The number of hydrogen-bond acceptors (Lipinski definition) is 4. The van der Waals surface area contributed by atoms with Gasteiger partial charge in [-0.25, -0.2) is 12.8 Å². The Morgan fingerprint density at radius 2 is 1.67 bits per heavy atom. The SMILES string of the molecule is Cc1ccc(S(=O)(=O)N(CC(=O)N(C)C2CCCCC2O)c2ccc(F)cc2)cc1. The topological polar surface area (TPSA) is 77.9 Å². The molecule has 30 heavy (non-hydrogen) atoms. The van der Waals surface area contributed by atoms with Crippen molar-refractivity contribution in [3.63, 3.8) is 0 Å². The fraction of sp³-hybridized carbons (Fsp3) is 0.409. The lowest BCUT2D eigenvalue weighted by molar-refractivity contribution is -0.133. The van der Waals surface area contributed by atoms with Crippen LogP contribution in [0.15, 0.2) is 53.4 Å². The van der Waals surface area contributed by atoms with E-state index in [2.05, 4.69) is 0 Å². The molecule has 162 valence electrons. The van der Waals surface area contributed by atoms with Crippen LogP contribution in [0.25, 0.3) is 0 Å². The lowest BCUT2D eigenvalue weighted by Crippen LogP contribution is -2.50. The second-order valence-electron chi connectivity index (χ2n) is 7.72. The molecule has 0 bridgehead atoms. The molecular weight excluding hydrogens is 407 g/mol. The molecule has 6 nitrogen and oxygen atoms in total. The van der Waals surface area contributed by atoms with Crippen molar-refractivity contribution in [3.05, 3.63) is 59.9 Å². The minimum absolute atomic E-state index is 0.0468. The molecule has 8 heteroatoms. The lowest BCUT2D eigenvalue weighted by atomic mass is 9.91. The predicted molar refractivity (Wildman–Crippen MR) is 113 cm³/mol. The summed E-state index contributed by atoms with van der Waals surface area (Å²) in [6.07, 6.45) is 2.48. The van der Waals surface area contributed by atoms with Gasteiger partial charge in [-0.05, 0) is 56.2 Å². The molecular formula is C22H27FN2O4S. The molecule has 2 aromatic carbocycles. The number of aliphatic hydroxyl groups excluding tert-OH is 1. The first-order valence-corrected chi connectivity index (χ1v) is 11.4. The van der Waals surface area contributed by atoms with Crippen LogP contribution in [0.5, 0.6) is 0 Å². The van der Waals surface area contributed by atoms with Gasteiger partial charge in [-0.15, -0.1) is 0 Å². The van der Waals surface area contributed by atoms with Gasteiger partial charge >= 0.3 is 0 Å². The minimum atomic E-state index is -4.06. The number of hydrogen-bond donors (Lipinski definition) is 1. The van der Waals surface area contributed by atoms with Crippen LogP contribution in [-0.4, -0.2) is 50.1 Å². The second-order valence-corrected chi connectivity index (χ2v) is 9.59. The molecule has 1 saturated carbocycles. The predicted octanol–water partition coefficient (Wildman–Crippen LogP) is 3.09. The number of carbonyl (C=O) groups excluding carboxylic acids is 1. The van der Waals surface area contributed by atoms with Gasteiger partial charge in [0, 0.05) is 7.05 Å². The van der Waals surface area contributed by atoms with Gasteiger partial charge in [0.2, 0.25) is 5.91 Å². The summed E-state index contributed by atoms with van der Waals surface area (Å²) in [5, 5.41) is 10.3. The summed E-state index contributed by atoms with van der Waals surface area (Å²) in [4.78, 5) is 14.5. The van der Waals surface area contributed by atoms with Crippen LogP contribution in [0.3, 0.4) is 0 Å². The van der Waals surface area contributed by atoms with E-state index >= 15 is 0 Å². The highest BCUT2D eigenvalue weighted by Gasteiger charge is 2.33. The first-order chi connectivity index (χ1) is 14.2. The summed E-state index contributed by atoms with van der Waals surface area (Å²) in [5.74, 6) is -0.929. The van der Waals surface area contributed by atoms with E-state index in [1.807, 2.05) is 6.92 Å². The molecule has 0 aliphatic heterocycles. The van der Waals surface area contributed by atoms with Gasteiger partial charge in [0.1, 0.15) is 12.4 Å². The first-order valence-electron chi connectivity index (χ1n) is 9.99. The molecule has 1 fully saturated rings. The molecule has 1 amide bonds. The van der Waals surface area contributed by atoms with Crippen molar-refractivity contribution in [2.24, 2.45) is 0 Å². The van der Waals surface area contributed by atoms with Crippen molar-refractivity contribution in [1.29, 1.82) is 0 Å². The highest BCUT2D eigenvalue weighted by Crippen LogP contribution is 2.26. The quantitative estimate of drug-likeness (QED) is 0.758. The van der Waals surface area contributed by atoms with E-state index in [9.17, 15) is 22.7 Å². The minimum Gasteiger partial charge on any atom is -0.391 e. The third-order valence-corrected chi connectivity index (χ3v) is 7.38. The molecule has 0 aromatic heterocycles. The van der Waals surface area contributed by atoms with E-state index in [1.54, 1.807) is 19.2 Å². The molecule has 3 rings (SSSR count). The molecule has 1 aliphatic rings. The zero-order chi connectivity index (χ0) is 21.9. The van der Waals surface area contributed by atoms with Crippen molar-refractivity contribution >= 4 is 21.6 Å². The van der Waals surface area contributed by atoms with Crippen LogP contribution in [0.4, 0.5) is 10.1 Å². The Bertz CT molecular complexity index is 977. The molecule has 1 aliphatic carbocycles. The Kier molecular flexibility index (Phi) is 6.77. The molecule has 2 unspecified atom stereocenters. The number of nitrogens with zero attached hydrogens (tertiary/aromatic N) is 2. The molecule has 0 saturated heterocycles. The Balaban J connectivity index is 1.92. The number of sulfonamides is 1. The molecule has 0 heterocycles. The summed E-state index contributed by atoms with van der Waals surface area (Å²) in [7, 11) is -2.47. The smallest absolute Gasteiger partial charge is 0.264 e. The number of rotatable bonds is 6. The number of carbonyl (C=O) groups is 1. The van der Waals surface area contributed by atoms with Gasteiger partial charge in [0.25, 0.3) is 10.0 Å². The van der Waals surface area contributed by atoms with Crippen molar-refractivity contribution in [2.75, 3.05) is 17.9 Å². The van der Waals surface area contributed by atoms with Gasteiger partial charge < -0.3 is 10.0 Å². The maximum atomic E-state index is 13.4. The zero-order valence-corrected chi connectivity index (χ0v) is 18.0. The lowest BCUT2D eigenvalue weighted by Gasteiger charge is -2.36. The number of aryl methyl sites for hydroxylation is 1. The Hall–Kier alpha value is -2.45. The van der Waals surface area contributed by atoms with Gasteiger partial charge in [0.15, 0.2) is 0 Å². The number of likely N-dealkylation sites (N-methyl/N-ethyl adjacent to an activating group) is 1. The van der Waals surface area contributed by atoms with Gasteiger partial charge in [-0.1, -0.05) is 30.5 Å². The van der Waals surface area contributed by atoms with Crippen LogP contribution < -0.4 is 4.31 Å². The summed E-state index contributed by atoms with van der Waals surface area (Å²) in [6.45, 7) is 1.41. The van der Waals surface area contributed by atoms with E-state index in [-0.39, 0.29) is 16.6 Å². The van der Waals surface area contributed by atoms with Crippen molar-refractivity contribution in [1.82, 2.24) is 4.90 Å². The molecule has 1 N–H and O–H groups in total. The average molecular weight is 435 g/mol. The molecule has 2 atom stereocenters. The van der Waals surface area contributed by atoms with Crippen LogP contribution in [0, 0.1) is 12.7 Å². The van der Waals surface area contributed by atoms with Crippen molar-refractivity contribution < 1.29 is 22.7 Å². The van der Waals surface area contributed by atoms with E-state index in [0.29, 0.717) is 12.8 Å². The number of halogens is 1. The largest absolute Gasteiger partial charge is 0.391 e. The summed E-state index contributed by atoms with van der Waals surface area (Å²) < 4.78 is 41.1. The van der Waals surface area contributed by atoms with Crippen LogP contribution in [0.2, 0.25) is 0 Å². The highest BCUT2D eigenvalue weighted by atomic mass is 32.2. The summed E-state index contributed by atoms with van der Waals surface area (Å²) in [5.41, 5.74) is 1.10. The Morgan fingerprint density at radius 3 is 2.27 bits per heavy atom. The van der Waals surface area contributed by atoms with Crippen molar-refractivity contribution in [2.45, 2.75) is 49.6 Å². The fourth-order valence-corrected chi connectivity index (χ4v) is 5.14. The van der Waals surface area contributed by atoms with E-state index < -0.39 is 34.4 Å². The normalized spacial score (nSPS) is 19.3. The average Bonchev–Trinajstić information content (AvgIpc) is 2.72. The van der Waals surface area contributed by atoms with Crippen molar-refractivity contribution in [3.8, 4) is 0 Å². The van der Waals surface area contributed by atoms with Gasteiger partial charge in [0.05, 0.1) is 22.7 Å². The number of anilines is 1. The van der Waals surface area contributed by atoms with E-state index in [4.69, 9.17) is 0 Å². The van der Waals surface area contributed by atoms with Crippen LogP contribution >= 0.6 is 0 Å². The monoisotopic (exact) mass is 434 g/mol. The summed E-state index contributed by atoms with van der Waals surface area (Å²) >= 11 is 0. The number of amides is 1. The molecule has 2 aromatic rings. The summed E-state index contributed by atoms with van der Waals surface area (Å²) in [6, 6.07) is 11.0. The first kappa shape index (κ1) is 22.2. The number of benzene rings is 2. The maximum absolute atomic E-state index is 13.4.